The lowest BCUT2D eigenvalue weighted by Gasteiger charge is -2.04. The molecule has 0 aliphatic rings. The molecule has 6 heteroatoms. The van der Waals surface area contributed by atoms with Gasteiger partial charge >= 0.3 is 0 Å². The summed E-state index contributed by atoms with van der Waals surface area (Å²) in [6.07, 6.45) is 1.36. The third-order valence-corrected chi connectivity index (χ3v) is 3.28. The molecule has 0 atom stereocenters. The monoisotopic (exact) mass is 277 g/mol. The highest BCUT2D eigenvalue weighted by molar-refractivity contribution is 8.00. The number of hydrogen-bond donors (Lipinski definition) is 2. The van der Waals surface area contributed by atoms with Crippen molar-refractivity contribution >= 4 is 23.6 Å². The van der Waals surface area contributed by atoms with Crippen LogP contribution in [0.15, 0.2) is 52.0 Å². The van der Waals surface area contributed by atoms with Crippen LogP contribution in [0.2, 0.25) is 0 Å². The maximum absolute atomic E-state index is 11.6. The third kappa shape index (κ3) is 3.62. The van der Waals surface area contributed by atoms with Gasteiger partial charge in [-0.3, -0.25) is 14.9 Å². The van der Waals surface area contributed by atoms with Crippen molar-refractivity contribution < 1.29 is 19.1 Å². The molecule has 2 N–H and O–H groups in total. The number of carbonyl (C=O) groups is 2. The summed E-state index contributed by atoms with van der Waals surface area (Å²) in [5.41, 5.74) is 0. The molecule has 5 nitrogen and oxygen atoms in total. The van der Waals surface area contributed by atoms with Gasteiger partial charge in [-0.15, -0.1) is 11.8 Å². The van der Waals surface area contributed by atoms with Gasteiger partial charge in [-0.2, -0.15) is 0 Å². The number of aromatic hydroxyl groups is 1. The number of furan rings is 1. The fourth-order valence-electron chi connectivity index (χ4n) is 1.35. The number of nitrogens with one attached hydrogen (secondary N) is 1. The summed E-state index contributed by atoms with van der Waals surface area (Å²) in [5, 5.41) is 11.7. The van der Waals surface area contributed by atoms with Gasteiger partial charge in [0, 0.05) is 4.90 Å². The Morgan fingerprint density at radius 2 is 2.00 bits per heavy atom. The molecule has 0 aliphatic heterocycles. The molecule has 2 amide bonds. The van der Waals surface area contributed by atoms with E-state index in [2.05, 4.69) is 5.32 Å². The minimum Gasteiger partial charge on any atom is -0.507 e. The van der Waals surface area contributed by atoms with Gasteiger partial charge in [0.2, 0.25) is 5.91 Å². The van der Waals surface area contributed by atoms with Gasteiger partial charge in [0.25, 0.3) is 5.91 Å². The first-order valence-corrected chi connectivity index (χ1v) is 6.44. The lowest BCUT2D eigenvalue weighted by Crippen LogP contribution is -2.31. The summed E-state index contributed by atoms with van der Waals surface area (Å²) < 4.78 is 4.87. The number of amides is 2. The quantitative estimate of drug-likeness (QED) is 0.836. The number of phenolic OH excluding ortho intramolecular Hbond substituents is 1. The Morgan fingerprint density at radius 3 is 2.68 bits per heavy atom. The van der Waals surface area contributed by atoms with Crippen LogP contribution < -0.4 is 5.32 Å². The van der Waals surface area contributed by atoms with Crippen molar-refractivity contribution in [3.63, 3.8) is 0 Å². The number of rotatable bonds is 4. The largest absolute Gasteiger partial charge is 0.507 e. The molecule has 0 aliphatic carbocycles. The van der Waals surface area contributed by atoms with E-state index in [9.17, 15) is 14.7 Å². The zero-order valence-corrected chi connectivity index (χ0v) is 10.6. The Bertz CT molecular complexity index is 580. The Kier molecular flexibility index (Phi) is 4.25. The van der Waals surface area contributed by atoms with E-state index in [4.69, 9.17) is 4.42 Å². The fraction of sp³-hybridized carbons (Fsp3) is 0.0769. The first kappa shape index (κ1) is 13.2. The zero-order valence-electron chi connectivity index (χ0n) is 9.83. The SMILES string of the molecule is O=C(CSc1ccccc1O)NC(=O)c1ccco1. The highest BCUT2D eigenvalue weighted by Gasteiger charge is 2.13. The zero-order chi connectivity index (χ0) is 13.7. The highest BCUT2D eigenvalue weighted by Crippen LogP contribution is 2.27. The summed E-state index contributed by atoms with van der Waals surface area (Å²) in [7, 11) is 0. The van der Waals surface area contributed by atoms with Crippen molar-refractivity contribution in [1.29, 1.82) is 0 Å². The van der Waals surface area contributed by atoms with Gasteiger partial charge in [0.15, 0.2) is 5.76 Å². The molecular weight excluding hydrogens is 266 g/mol. The number of hydrogen-bond acceptors (Lipinski definition) is 5. The molecule has 1 heterocycles. The molecule has 1 aromatic carbocycles. The van der Waals surface area contributed by atoms with Crippen LogP contribution in [0.25, 0.3) is 0 Å². The van der Waals surface area contributed by atoms with Gasteiger partial charge in [-0.25, -0.2) is 0 Å². The summed E-state index contributed by atoms with van der Waals surface area (Å²) in [6, 6.07) is 9.72. The van der Waals surface area contributed by atoms with E-state index < -0.39 is 11.8 Å². The lowest BCUT2D eigenvalue weighted by molar-refractivity contribution is -0.117. The Balaban J connectivity index is 1.85. The minimum absolute atomic E-state index is 0.0318. The Morgan fingerprint density at radius 1 is 1.21 bits per heavy atom. The number of benzene rings is 1. The van der Waals surface area contributed by atoms with E-state index in [1.807, 2.05) is 0 Å². The average molecular weight is 277 g/mol. The number of thioether (sulfide) groups is 1. The Labute approximate surface area is 113 Å². The van der Waals surface area contributed by atoms with Gasteiger partial charge in [0.05, 0.1) is 12.0 Å². The number of carbonyl (C=O) groups excluding carboxylic acids is 2. The first-order chi connectivity index (χ1) is 9.16. The minimum atomic E-state index is -0.576. The average Bonchev–Trinajstić information content (AvgIpc) is 2.91. The number of para-hydroxylation sites is 1. The van der Waals surface area contributed by atoms with Crippen molar-refractivity contribution in [1.82, 2.24) is 5.32 Å². The van der Waals surface area contributed by atoms with Crippen LogP contribution in [0.1, 0.15) is 10.6 Å². The fourth-order valence-corrected chi connectivity index (χ4v) is 2.10. The van der Waals surface area contributed by atoms with Gasteiger partial charge < -0.3 is 9.52 Å². The van der Waals surface area contributed by atoms with E-state index in [1.165, 1.54) is 18.4 Å². The molecule has 0 fully saturated rings. The maximum atomic E-state index is 11.6. The summed E-state index contributed by atoms with van der Waals surface area (Å²) in [4.78, 5) is 23.7. The van der Waals surface area contributed by atoms with Gasteiger partial charge in [-0.05, 0) is 24.3 Å². The standard InChI is InChI=1S/C13H11NO4S/c15-9-4-1-2-6-11(9)19-8-12(16)14-13(17)10-5-3-7-18-10/h1-7,15H,8H2,(H,14,16,17). The smallest absolute Gasteiger partial charge is 0.293 e. The van der Waals surface area contributed by atoms with Crippen LogP contribution >= 0.6 is 11.8 Å². The number of phenols is 1. The third-order valence-electron chi connectivity index (χ3n) is 2.22. The molecule has 0 spiro atoms. The predicted octanol–water partition coefficient (Wildman–Crippen LogP) is 2.03. The second kappa shape index (κ2) is 6.10. The molecule has 0 saturated carbocycles. The summed E-state index contributed by atoms with van der Waals surface area (Å²) in [6.45, 7) is 0. The summed E-state index contributed by atoms with van der Waals surface area (Å²) >= 11 is 1.15. The predicted molar refractivity (Wildman–Crippen MR) is 70.0 cm³/mol. The van der Waals surface area contributed by atoms with Crippen LogP contribution in [0.4, 0.5) is 0 Å². The summed E-state index contributed by atoms with van der Waals surface area (Å²) in [5.74, 6) is -0.801. The van der Waals surface area contributed by atoms with E-state index in [0.717, 1.165) is 11.8 Å². The molecule has 19 heavy (non-hydrogen) atoms. The highest BCUT2D eigenvalue weighted by atomic mass is 32.2. The van der Waals surface area contributed by atoms with Crippen LogP contribution in [-0.4, -0.2) is 22.7 Å². The second-order valence-corrected chi connectivity index (χ2v) is 4.63. The van der Waals surface area contributed by atoms with E-state index in [0.29, 0.717) is 4.90 Å². The molecule has 2 aromatic rings. The van der Waals surface area contributed by atoms with Crippen LogP contribution in [0.3, 0.4) is 0 Å². The van der Waals surface area contributed by atoms with Crippen LogP contribution in [0, 0.1) is 0 Å². The van der Waals surface area contributed by atoms with Crippen molar-refractivity contribution in [2.45, 2.75) is 4.90 Å². The van der Waals surface area contributed by atoms with E-state index >= 15 is 0 Å². The van der Waals surface area contributed by atoms with E-state index in [1.54, 1.807) is 24.3 Å². The van der Waals surface area contributed by atoms with Crippen molar-refractivity contribution in [3.05, 3.63) is 48.4 Å². The molecule has 0 saturated heterocycles. The normalized spacial score (nSPS) is 10.1. The molecule has 0 radical (unpaired) electrons. The van der Waals surface area contributed by atoms with Crippen molar-refractivity contribution in [3.8, 4) is 5.75 Å². The molecule has 1 aromatic heterocycles. The number of imide groups is 1. The maximum Gasteiger partial charge on any atom is 0.293 e. The first-order valence-electron chi connectivity index (χ1n) is 5.45. The van der Waals surface area contributed by atoms with Gasteiger partial charge in [0.1, 0.15) is 5.75 Å². The van der Waals surface area contributed by atoms with Crippen molar-refractivity contribution in [2.75, 3.05) is 5.75 Å². The molecule has 2 rings (SSSR count). The second-order valence-electron chi connectivity index (χ2n) is 3.61. The van der Waals surface area contributed by atoms with Crippen LogP contribution in [0.5, 0.6) is 5.75 Å². The Hall–Kier alpha value is -2.21. The lowest BCUT2D eigenvalue weighted by atomic mass is 10.3. The van der Waals surface area contributed by atoms with Crippen LogP contribution in [-0.2, 0) is 4.79 Å². The van der Waals surface area contributed by atoms with Crippen molar-refractivity contribution in [2.24, 2.45) is 0 Å². The molecule has 98 valence electrons. The molecule has 0 bridgehead atoms. The van der Waals surface area contributed by atoms with E-state index in [-0.39, 0.29) is 17.3 Å². The topological polar surface area (TPSA) is 79.5 Å². The molecule has 0 unspecified atom stereocenters. The molecular formula is C13H11NO4S. The van der Waals surface area contributed by atoms with Gasteiger partial charge in [-0.1, -0.05) is 12.1 Å².